The quantitative estimate of drug-likeness (QED) is 0.572. The number of anilines is 1. The lowest BCUT2D eigenvalue weighted by Crippen LogP contribution is -2.37. The van der Waals surface area contributed by atoms with E-state index in [4.69, 9.17) is 4.52 Å². The van der Waals surface area contributed by atoms with E-state index >= 15 is 0 Å². The van der Waals surface area contributed by atoms with Crippen molar-refractivity contribution >= 4 is 23.4 Å². The molecule has 0 aliphatic carbocycles. The lowest BCUT2D eigenvalue weighted by Gasteiger charge is -2.31. The summed E-state index contributed by atoms with van der Waals surface area (Å²) in [6.45, 7) is 5.89. The molecule has 5 rings (SSSR count). The number of carbonyl (C=O) groups excluding carboxylic acids is 3. The van der Waals surface area contributed by atoms with E-state index in [1.807, 2.05) is 43.1 Å². The molecule has 0 saturated carbocycles. The molecule has 2 aromatic heterocycles. The highest BCUT2D eigenvalue weighted by atomic mass is 16.5. The third-order valence-electron chi connectivity index (χ3n) is 6.93. The SMILES string of the molecule is CCc1cc(C(=O)NCc2c(C)ncc3c2CCN(C(=O)c2cccc(N4CCCC4=O)c2)C3)no1. The first-order valence-corrected chi connectivity index (χ1v) is 12.3. The van der Waals surface area contributed by atoms with E-state index in [9.17, 15) is 14.4 Å². The number of pyridine rings is 1. The first kappa shape index (κ1) is 23.7. The zero-order valence-electron chi connectivity index (χ0n) is 20.5. The van der Waals surface area contributed by atoms with Gasteiger partial charge in [0.2, 0.25) is 5.91 Å². The van der Waals surface area contributed by atoms with Gasteiger partial charge < -0.3 is 19.6 Å². The predicted molar refractivity (Wildman–Crippen MR) is 132 cm³/mol. The maximum absolute atomic E-state index is 13.3. The Hall–Kier alpha value is -4.01. The Balaban J connectivity index is 1.30. The van der Waals surface area contributed by atoms with Crippen molar-refractivity contribution in [2.45, 2.75) is 52.6 Å². The summed E-state index contributed by atoms with van der Waals surface area (Å²) in [4.78, 5) is 46.1. The minimum atomic E-state index is -0.292. The summed E-state index contributed by atoms with van der Waals surface area (Å²) >= 11 is 0. The second-order valence-corrected chi connectivity index (χ2v) is 9.22. The molecule has 3 aromatic rings. The summed E-state index contributed by atoms with van der Waals surface area (Å²) in [7, 11) is 0. The second kappa shape index (κ2) is 9.93. The van der Waals surface area contributed by atoms with Crippen LogP contribution in [0.3, 0.4) is 0 Å². The summed E-state index contributed by atoms with van der Waals surface area (Å²) in [6, 6.07) is 8.96. The van der Waals surface area contributed by atoms with Crippen molar-refractivity contribution in [3.05, 3.63) is 75.9 Å². The van der Waals surface area contributed by atoms with Gasteiger partial charge in [-0.25, -0.2) is 0 Å². The molecule has 9 nitrogen and oxygen atoms in total. The molecule has 3 amide bonds. The molecule has 0 atom stereocenters. The standard InChI is InChI=1S/C27H29N5O4/c1-3-21-13-24(30-36-21)26(34)29-15-23-17(2)28-14-19-16-31(11-9-22(19)23)27(35)18-6-4-7-20(12-18)32-10-5-8-25(32)33/h4,6-7,12-14H,3,5,8-11,15-16H2,1-2H3,(H,29,34). The first-order valence-electron chi connectivity index (χ1n) is 12.3. The zero-order valence-corrected chi connectivity index (χ0v) is 20.5. The smallest absolute Gasteiger partial charge is 0.273 e. The number of amides is 3. The molecule has 186 valence electrons. The normalized spacial score (nSPS) is 15.2. The van der Waals surface area contributed by atoms with Gasteiger partial charge in [-0.05, 0) is 54.7 Å². The summed E-state index contributed by atoms with van der Waals surface area (Å²) in [6.07, 6.45) is 4.55. The van der Waals surface area contributed by atoms with Crippen LogP contribution in [0.4, 0.5) is 5.69 Å². The maximum atomic E-state index is 13.3. The van der Waals surface area contributed by atoms with E-state index in [-0.39, 0.29) is 23.4 Å². The van der Waals surface area contributed by atoms with Crippen LogP contribution in [0.2, 0.25) is 0 Å². The lowest BCUT2D eigenvalue weighted by molar-refractivity contribution is -0.117. The molecule has 1 saturated heterocycles. The fourth-order valence-electron chi connectivity index (χ4n) is 4.89. The monoisotopic (exact) mass is 487 g/mol. The molecule has 1 aromatic carbocycles. The van der Waals surface area contributed by atoms with Crippen LogP contribution in [0.5, 0.6) is 0 Å². The number of nitrogens with one attached hydrogen (secondary N) is 1. The number of aromatic nitrogens is 2. The Labute approximate surface area is 209 Å². The average Bonchev–Trinajstić information content (AvgIpc) is 3.56. The Morgan fingerprint density at radius 2 is 2.03 bits per heavy atom. The van der Waals surface area contributed by atoms with Gasteiger partial charge in [0.05, 0.1) is 0 Å². The third kappa shape index (κ3) is 4.60. The zero-order chi connectivity index (χ0) is 25.2. The van der Waals surface area contributed by atoms with E-state index in [0.29, 0.717) is 56.8 Å². The minimum Gasteiger partial charge on any atom is -0.361 e. The second-order valence-electron chi connectivity index (χ2n) is 9.22. The van der Waals surface area contributed by atoms with Crippen LogP contribution in [-0.4, -0.2) is 45.9 Å². The highest BCUT2D eigenvalue weighted by molar-refractivity contribution is 5.99. The number of nitrogens with zero attached hydrogens (tertiary/aromatic N) is 4. The van der Waals surface area contributed by atoms with Crippen molar-refractivity contribution < 1.29 is 18.9 Å². The largest absolute Gasteiger partial charge is 0.361 e. The van der Waals surface area contributed by atoms with Gasteiger partial charge in [-0.15, -0.1) is 0 Å². The van der Waals surface area contributed by atoms with Crippen molar-refractivity contribution in [3.63, 3.8) is 0 Å². The van der Waals surface area contributed by atoms with Crippen molar-refractivity contribution in [2.75, 3.05) is 18.0 Å². The Kier molecular flexibility index (Phi) is 6.54. The van der Waals surface area contributed by atoms with Crippen LogP contribution >= 0.6 is 0 Å². The van der Waals surface area contributed by atoms with E-state index in [0.717, 1.165) is 34.5 Å². The average molecular weight is 488 g/mol. The molecule has 9 heteroatoms. The number of fused-ring (bicyclic) bond motifs is 1. The lowest BCUT2D eigenvalue weighted by atomic mass is 9.94. The fraction of sp³-hybridized carbons (Fsp3) is 0.370. The molecule has 0 unspecified atom stereocenters. The van der Waals surface area contributed by atoms with Crippen molar-refractivity contribution in [1.29, 1.82) is 0 Å². The Morgan fingerprint density at radius 3 is 2.78 bits per heavy atom. The van der Waals surface area contributed by atoms with E-state index in [2.05, 4.69) is 15.5 Å². The summed E-state index contributed by atoms with van der Waals surface area (Å²) in [5.74, 6) is 0.404. The summed E-state index contributed by atoms with van der Waals surface area (Å²) in [5.41, 5.74) is 5.53. The van der Waals surface area contributed by atoms with Crippen LogP contribution < -0.4 is 10.2 Å². The molecule has 2 aliphatic rings. The highest BCUT2D eigenvalue weighted by Gasteiger charge is 2.27. The van der Waals surface area contributed by atoms with E-state index in [1.165, 1.54) is 0 Å². The van der Waals surface area contributed by atoms with Crippen molar-refractivity contribution in [3.8, 4) is 0 Å². The Morgan fingerprint density at radius 1 is 1.17 bits per heavy atom. The number of aryl methyl sites for hydroxylation is 2. The first-order chi connectivity index (χ1) is 17.4. The topological polar surface area (TPSA) is 109 Å². The van der Waals surface area contributed by atoms with Crippen LogP contribution in [-0.2, 0) is 30.7 Å². The molecule has 2 aliphatic heterocycles. The van der Waals surface area contributed by atoms with Crippen LogP contribution in [0.15, 0.2) is 41.1 Å². The molecular weight excluding hydrogens is 458 g/mol. The number of rotatable bonds is 6. The molecule has 0 radical (unpaired) electrons. The van der Waals surface area contributed by atoms with Crippen LogP contribution in [0, 0.1) is 6.92 Å². The van der Waals surface area contributed by atoms with Crippen molar-refractivity contribution in [2.24, 2.45) is 0 Å². The number of carbonyl (C=O) groups is 3. The number of hydrogen-bond acceptors (Lipinski definition) is 6. The van der Waals surface area contributed by atoms with Gasteiger partial charge in [-0.2, -0.15) is 0 Å². The Bertz CT molecular complexity index is 1330. The minimum absolute atomic E-state index is 0.0673. The molecular formula is C27H29N5O4. The molecule has 4 heterocycles. The molecule has 0 spiro atoms. The van der Waals surface area contributed by atoms with Crippen molar-refractivity contribution in [1.82, 2.24) is 20.4 Å². The van der Waals surface area contributed by atoms with E-state index < -0.39 is 0 Å². The van der Waals surface area contributed by atoms with Gasteiger partial charge in [0.15, 0.2) is 5.69 Å². The van der Waals surface area contributed by atoms with Gasteiger partial charge >= 0.3 is 0 Å². The molecule has 1 fully saturated rings. The third-order valence-corrected chi connectivity index (χ3v) is 6.93. The van der Waals surface area contributed by atoms with Gasteiger partial charge in [-0.1, -0.05) is 18.1 Å². The van der Waals surface area contributed by atoms with Gasteiger partial charge in [-0.3, -0.25) is 19.4 Å². The van der Waals surface area contributed by atoms with Gasteiger partial charge in [0, 0.05) is 68.2 Å². The molecule has 0 bridgehead atoms. The summed E-state index contributed by atoms with van der Waals surface area (Å²) in [5, 5.41) is 6.76. The van der Waals surface area contributed by atoms with Gasteiger partial charge in [0.25, 0.3) is 11.8 Å². The number of benzene rings is 1. The maximum Gasteiger partial charge on any atom is 0.273 e. The predicted octanol–water partition coefficient (Wildman–Crippen LogP) is 3.20. The van der Waals surface area contributed by atoms with Gasteiger partial charge in [0.1, 0.15) is 5.76 Å². The fourth-order valence-corrected chi connectivity index (χ4v) is 4.89. The molecule has 1 N–H and O–H groups in total. The van der Waals surface area contributed by atoms with E-state index in [1.54, 1.807) is 17.0 Å². The summed E-state index contributed by atoms with van der Waals surface area (Å²) < 4.78 is 5.13. The molecule has 36 heavy (non-hydrogen) atoms. The number of hydrogen-bond donors (Lipinski definition) is 1. The highest BCUT2D eigenvalue weighted by Crippen LogP contribution is 2.27. The van der Waals surface area contributed by atoms with Crippen LogP contribution in [0.1, 0.15) is 68.8 Å². The van der Waals surface area contributed by atoms with Crippen LogP contribution in [0.25, 0.3) is 0 Å².